The number of hydrogen-bond acceptors (Lipinski definition) is 16. The first-order valence-electron chi connectivity index (χ1n) is 17.0. The highest BCUT2D eigenvalue weighted by atomic mass is 28.4. The highest BCUT2D eigenvalue weighted by Gasteiger charge is 2.46. The first-order valence-corrected chi connectivity index (χ1v) is 21.9. The van der Waals surface area contributed by atoms with Gasteiger partial charge in [-0.1, -0.05) is 0 Å². The van der Waals surface area contributed by atoms with Crippen molar-refractivity contribution in [3.8, 4) is 0 Å². The largest absolute Gasteiger partial charge is 0.679 e. The van der Waals surface area contributed by atoms with E-state index >= 15 is 0 Å². The maximum absolute atomic E-state index is 8.15. The molecule has 288 valence electrons. The molecule has 0 rings (SSSR count). The fourth-order valence-corrected chi connectivity index (χ4v) is 9.16. The quantitative estimate of drug-likeness (QED) is 0.0580. The molecule has 0 fully saturated rings. The van der Waals surface area contributed by atoms with Gasteiger partial charge in [0.15, 0.2) is 0 Å². The van der Waals surface area contributed by atoms with E-state index in [9.17, 15) is 0 Å². The molecule has 16 nitrogen and oxygen atoms in total. The van der Waals surface area contributed by atoms with Gasteiger partial charge in [0, 0.05) is 92.2 Å². The number of hydrogen-bond donors (Lipinski definition) is 4. The van der Waals surface area contributed by atoms with E-state index in [1.165, 1.54) is 0 Å². The molecule has 0 aliphatic rings. The first-order chi connectivity index (χ1) is 22.7. The number of aliphatic hydroxyl groups is 2. The molecule has 0 atom stereocenters. The van der Waals surface area contributed by atoms with Gasteiger partial charge >= 0.3 is 27.1 Å². The van der Waals surface area contributed by atoms with E-state index in [-0.39, 0.29) is 13.2 Å². The van der Waals surface area contributed by atoms with Crippen LogP contribution in [-0.2, 0) is 53.1 Å². The highest BCUT2D eigenvalue weighted by molar-refractivity contribution is 6.54. The molecule has 47 heavy (non-hydrogen) atoms. The molecule has 0 amide bonds. The Kier molecular flexibility index (Phi) is 40.7. The van der Waals surface area contributed by atoms with Gasteiger partial charge in [-0.05, 0) is 69.2 Å². The van der Waals surface area contributed by atoms with Crippen LogP contribution < -0.4 is 10.6 Å². The first kappa shape index (κ1) is 51.4. The van der Waals surface area contributed by atoms with Crippen molar-refractivity contribution in [1.29, 1.82) is 0 Å². The predicted octanol–water partition coefficient (Wildman–Crippen LogP) is 1.83. The van der Waals surface area contributed by atoms with Crippen LogP contribution in [0.5, 0.6) is 0 Å². The molecule has 0 aromatic heterocycles. The summed E-state index contributed by atoms with van der Waals surface area (Å²) in [6.45, 7) is 27.5. The minimum absolute atomic E-state index is 0.139. The normalized spacial score (nSPS) is 12.0. The monoisotopic (exact) mass is 742 g/mol. The van der Waals surface area contributed by atoms with Gasteiger partial charge in [-0.15, -0.1) is 0 Å². The van der Waals surface area contributed by atoms with Gasteiger partial charge in [0.05, 0.1) is 26.4 Å². The lowest BCUT2D eigenvalue weighted by atomic mass is 10.6. The summed E-state index contributed by atoms with van der Waals surface area (Å²) in [5.41, 5.74) is 0. The van der Waals surface area contributed by atoms with E-state index in [4.69, 9.17) is 63.3 Å². The zero-order valence-electron chi connectivity index (χ0n) is 31.0. The zero-order chi connectivity index (χ0) is 36.1. The lowest BCUT2D eigenvalue weighted by Crippen LogP contribution is -2.51. The molecule has 0 heterocycles. The minimum Gasteiger partial charge on any atom is -0.395 e. The third-order valence-corrected chi connectivity index (χ3v) is 12.4. The van der Waals surface area contributed by atoms with Crippen LogP contribution in [0.4, 0.5) is 0 Å². The van der Waals surface area contributed by atoms with Crippen molar-refractivity contribution in [2.45, 2.75) is 69.2 Å². The average Bonchev–Trinajstić information content (AvgIpc) is 3.03. The zero-order valence-corrected chi connectivity index (χ0v) is 34.0. The summed E-state index contributed by atoms with van der Waals surface area (Å²) in [5, 5.41) is 22.3. The Hall–Kier alpha value is 0.0106. The van der Waals surface area contributed by atoms with Gasteiger partial charge < -0.3 is 74.0 Å². The van der Waals surface area contributed by atoms with Crippen LogP contribution in [0.2, 0.25) is 0 Å². The van der Waals surface area contributed by atoms with Crippen LogP contribution in [0.15, 0.2) is 0 Å². The molecular formula is C28H70N2O14Si3. The summed E-state index contributed by atoms with van der Waals surface area (Å²) in [6, 6.07) is 0. The molecule has 0 unspecified atom stereocenters. The van der Waals surface area contributed by atoms with Crippen LogP contribution in [0.25, 0.3) is 0 Å². The topological polar surface area (TPSA) is 175 Å². The SMILES string of the molecule is CCO[Si](OCC)(OCC)OCC.CCO[Si](OCC)(OCC)OCCNCCO[Si](OCC)(OCC)OCC.OCCNCCO. The maximum atomic E-state index is 8.15. The Morgan fingerprint density at radius 3 is 0.702 bits per heavy atom. The predicted molar refractivity (Wildman–Crippen MR) is 185 cm³/mol. The molecule has 0 saturated carbocycles. The molecule has 0 radical (unpaired) electrons. The smallest absolute Gasteiger partial charge is 0.395 e. The molecule has 0 spiro atoms. The second kappa shape index (κ2) is 37.3. The van der Waals surface area contributed by atoms with Crippen molar-refractivity contribution in [3.63, 3.8) is 0 Å². The number of aliphatic hydroxyl groups excluding tert-OH is 2. The molecule has 0 aliphatic heterocycles. The van der Waals surface area contributed by atoms with Crippen LogP contribution in [0.1, 0.15) is 69.2 Å². The van der Waals surface area contributed by atoms with E-state index in [0.717, 1.165) is 0 Å². The molecule has 4 N–H and O–H groups in total. The lowest BCUT2D eigenvalue weighted by Gasteiger charge is -2.27. The van der Waals surface area contributed by atoms with Crippen LogP contribution in [-0.4, -0.2) is 156 Å². The van der Waals surface area contributed by atoms with Crippen molar-refractivity contribution >= 4 is 27.1 Å². The van der Waals surface area contributed by atoms with Gasteiger partial charge in [-0.2, -0.15) is 0 Å². The van der Waals surface area contributed by atoms with Crippen LogP contribution >= 0.6 is 0 Å². The standard InChI is InChI=1S/C16H39NO8Si2.C8H20O4Si.C4H11NO2/c1-7-18-26(19-8-2,20-9-3)24-15-13-17-14-16-25-27(21-10-4,22-11-5)23-12-6;1-5-9-13(10-6-2,11-7-3)12-8-4;6-3-1-5-2-4-7/h17H,7-16H2,1-6H3;5-8H2,1-4H3;5-7H,1-4H2. The van der Waals surface area contributed by atoms with Gasteiger partial charge in [-0.3, -0.25) is 0 Å². The average molecular weight is 743 g/mol. The van der Waals surface area contributed by atoms with E-state index in [2.05, 4.69) is 10.6 Å². The summed E-state index contributed by atoms with van der Waals surface area (Å²) in [7, 11) is -8.90. The van der Waals surface area contributed by atoms with Gasteiger partial charge in [-0.25, -0.2) is 0 Å². The maximum Gasteiger partial charge on any atom is 0.679 e. The summed E-state index contributed by atoms with van der Waals surface area (Å²) >= 11 is 0. The molecule has 0 bridgehead atoms. The number of rotatable bonds is 32. The van der Waals surface area contributed by atoms with E-state index in [1.807, 2.05) is 69.2 Å². The van der Waals surface area contributed by atoms with E-state index < -0.39 is 27.1 Å². The summed E-state index contributed by atoms with van der Waals surface area (Å²) < 4.78 is 67.2. The van der Waals surface area contributed by atoms with Crippen molar-refractivity contribution in [2.75, 3.05) is 119 Å². The lowest BCUT2D eigenvalue weighted by molar-refractivity contribution is -0.0292. The van der Waals surface area contributed by atoms with Crippen LogP contribution in [0.3, 0.4) is 0 Å². The van der Waals surface area contributed by atoms with Crippen molar-refractivity contribution in [3.05, 3.63) is 0 Å². The van der Waals surface area contributed by atoms with E-state index in [1.54, 1.807) is 0 Å². The third-order valence-electron chi connectivity index (χ3n) is 4.90. The van der Waals surface area contributed by atoms with Crippen LogP contribution in [0, 0.1) is 0 Å². The van der Waals surface area contributed by atoms with E-state index in [0.29, 0.717) is 105 Å². The molecular weight excluding hydrogens is 673 g/mol. The fraction of sp³-hybridized carbons (Fsp3) is 1.00. The molecule has 0 saturated heterocycles. The Morgan fingerprint density at radius 1 is 0.319 bits per heavy atom. The second-order valence-corrected chi connectivity index (χ2v) is 14.9. The minimum atomic E-state index is -3.05. The highest BCUT2D eigenvalue weighted by Crippen LogP contribution is 2.13. The van der Waals surface area contributed by atoms with Crippen molar-refractivity contribution in [1.82, 2.24) is 10.6 Å². The summed E-state index contributed by atoms with van der Waals surface area (Å²) in [4.78, 5) is 0. The molecule has 0 aliphatic carbocycles. The Bertz CT molecular complexity index is 527. The summed E-state index contributed by atoms with van der Waals surface area (Å²) in [5.74, 6) is 0. The van der Waals surface area contributed by atoms with Crippen molar-refractivity contribution in [2.24, 2.45) is 0 Å². The van der Waals surface area contributed by atoms with Crippen molar-refractivity contribution < 1.29 is 63.3 Å². The Balaban J connectivity index is -0.000000793. The molecule has 0 aromatic carbocycles. The second-order valence-electron chi connectivity index (χ2n) is 8.47. The van der Waals surface area contributed by atoms with Gasteiger partial charge in [0.1, 0.15) is 0 Å². The third kappa shape index (κ3) is 28.4. The molecule has 0 aromatic rings. The Labute approximate surface area is 288 Å². The van der Waals surface area contributed by atoms with Gasteiger partial charge in [0.2, 0.25) is 0 Å². The fourth-order valence-electron chi connectivity index (χ4n) is 3.42. The number of nitrogens with one attached hydrogen (secondary N) is 2. The molecule has 19 heteroatoms. The Morgan fingerprint density at radius 2 is 0.511 bits per heavy atom. The summed E-state index contributed by atoms with van der Waals surface area (Å²) in [6.07, 6.45) is 0. The van der Waals surface area contributed by atoms with Gasteiger partial charge in [0.25, 0.3) is 0 Å².